The van der Waals surface area contributed by atoms with Crippen molar-refractivity contribution in [3.63, 3.8) is 0 Å². The number of carbonyl (C=O) groups excluding carboxylic acids is 1. The van der Waals surface area contributed by atoms with Gasteiger partial charge in [0, 0.05) is 23.9 Å². The normalized spacial score (nSPS) is 12.1. The molecule has 0 spiro atoms. The lowest BCUT2D eigenvalue weighted by atomic mass is 10.1. The summed E-state index contributed by atoms with van der Waals surface area (Å²) in [7, 11) is -2.42. The molecular weight excluding hydrogens is 386 g/mol. The van der Waals surface area contributed by atoms with Crippen LogP contribution in [0.2, 0.25) is 0 Å². The molecule has 0 aliphatic carbocycles. The van der Waals surface area contributed by atoms with Gasteiger partial charge in [-0.2, -0.15) is 0 Å². The molecule has 0 heterocycles. The van der Waals surface area contributed by atoms with Crippen molar-refractivity contribution >= 4 is 33.0 Å². The third-order valence-electron chi connectivity index (χ3n) is 4.07. The minimum absolute atomic E-state index is 0.0741. The monoisotopic (exact) mass is 407 g/mol. The smallest absolute Gasteiger partial charge is 0.271 e. The van der Waals surface area contributed by atoms with Crippen molar-refractivity contribution in [1.29, 1.82) is 0 Å². The first-order valence-corrected chi connectivity index (χ1v) is 10.1. The van der Waals surface area contributed by atoms with Crippen molar-refractivity contribution in [2.24, 2.45) is 0 Å². The first kappa shape index (κ1) is 21.2. The molecule has 0 radical (unpaired) electrons. The number of ether oxygens (including phenoxy) is 1. The van der Waals surface area contributed by atoms with Crippen LogP contribution in [0.3, 0.4) is 0 Å². The Bertz CT molecular complexity index is 1010. The van der Waals surface area contributed by atoms with Crippen molar-refractivity contribution in [3.05, 3.63) is 58.1 Å². The molecule has 28 heavy (non-hydrogen) atoms. The van der Waals surface area contributed by atoms with Crippen LogP contribution in [0, 0.1) is 17.0 Å². The Hall–Kier alpha value is -3.14. The number of sulfonamides is 1. The first-order valence-electron chi connectivity index (χ1n) is 8.24. The van der Waals surface area contributed by atoms with Crippen LogP contribution in [0.1, 0.15) is 12.5 Å². The van der Waals surface area contributed by atoms with E-state index in [0.717, 1.165) is 16.6 Å². The minimum Gasteiger partial charge on any atom is -0.497 e. The van der Waals surface area contributed by atoms with Gasteiger partial charge in [0.25, 0.3) is 5.69 Å². The number of nitro groups is 1. The molecule has 2 aromatic rings. The van der Waals surface area contributed by atoms with Gasteiger partial charge in [-0.25, -0.2) is 8.42 Å². The van der Waals surface area contributed by atoms with E-state index >= 15 is 0 Å². The fraction of sp³-hybridized carbons (Fsp3) is 0.278. The zero-order valence-corrected chi connectivity index (χ0v) is 16.7. The Morgan fingerprint density at radius 3 is 2.50 bits per heavy atom. The highest BCUT2D eigenvalue weighted by Gasteiger charge is 2.31. The van der Waals surface area contributed by atoms with Gasteiger partial charge >= 0.3 is 0 Å². The van der Waals surface area contributed by atoms with Crippen LogP contribution in [-0.2, 0) is 14.8 Å². The van der Waals surface area contributed by atoms with Crippen LogP contribution in [0.25, 0.3) is 0 Å². The molecular formula is C18H21N3O6S. The number of carbonyl (C=O) groups is 1. The summed E-state index contributed by atoms with van der Waals surface area (Å²) in [6.07, 6.45) is 0.945. The molecule has 0 saturated heterocycles. The van der Waals surface area contributed by atoms with E-state index in [1.807, 2.05) is 0 Å². The molecule has 1 atom stereocenters. The van der Waals surface area contributed by atoms with Crippen molar-refractivity contribution < 1.29 is 22.9 Å². The Kier molecular flexibility index (Phi) is 6.24. The second-order valence-electron chi connectivity index (χ2n) is 6.18. The van der Waals surface area contributed by atoms with Gasteiger partial charge in [0.15, 0.2) is 0 Å². The van der Waals surface area contributed by atoms with E-state index < -0.39 is 26.9 Å². The van der Waals surface area contributed by atoms with Gasteiger partial charge in [-0.1, -0.05) is 12.1 Å². The molecule has 2 aromatic carbocycles. The fourth-order valence-electron chi connectivity index (χ4n) is 2.68. The van der Waals surface area contributed by atoms with Gasteiger partial charge in [-0.15, -0.1) is 0 Å². The number of aryl methyl sites for hydroxylation is 1. The maximum atomic E-state index is 12.7. The van der Waals surface area contributed by atoms with Crippen LogP contribution in [-0.4, -0.2) is 38.7 Å². The summed E-state index contributed by atoms with van der Waals surface area (Å²) < 4.78 is 30.8. The number of anilines is 2. The zero-order valence-electron chi connectivity index (χ0n) is 15.9. The number of hydrogen-bond acceptors (Lipinski definition) is 6. The molecule has 0 unspecified atom stereocenters. The summed E-state index contributed by atoms with van der Waals surface area (Å²) >= 11 is 0. The number of nitro benzene ring substituents is 1. The molecule has 0 aromatic heterocycles. The van der Waals surface area contributed by atoms with Crippen molar-refractivity contribution in [2.75, 3.05) is 23.0 Å². The van der Waals surface area contributed by atoms with E-state index in [-0.39, 0.29) is 11.4 Å². The van der Waals surface area contributed by atoms with Gasteiger partial charge in [0.05, 0.1) is 24.0 Å². The second-order valence-corrected chi connectivity index (χ2v) is 8.04. The van der Waals surface area contributed by atoms with Crippen molar-refractivity contribution in [3.8, 4) is 5.75 Å². The Labute approximate surface area is 163 Å². The second kappa shape index (κ2) is 8.26. The molecule has 0 aliphatic heterocycles. The summed E-state index contributed by atoms with van der Waals surface area (Å²) in [6, 6.07) is 9.32. The van der Waals surface area contributed by atoms with Crippen molar-refractivity contribution in [2.45, 2.75) is 19.9 Å². The van der Waals surface area contributed by atoms with E-state index in [1.165, 1.54) is 26.2 Å². The van der Waals surface area contributed by atoms with E-state index in [9.17, 15) is 23.3 Å². The summed E-state index contributed by atoms with van der Waals surface area (Å²) in [6.45, 7) is 3.03. The third-order valence-corrected chi connectivity index (χ3v) is 5.29. The fourth-order valence-corrected chi connectivity index (χ4v) is 3.90. The van der Waals surface area contributed by atoms with Gasteiger partial charge < -0.3 is 10.1 Å². The Morgan fingerprint density at radius 2 is 1.93 bits per heavy atom. The SMILES string of the molecule is COc1cccc(NC(=O)[C@@H](C)N(c2cc([N+](=O)[O-])ccc2C)S(C)(=O)=O)c1. The minimum atomic E-state index is -3.91. The van der Waals surface area contributed by atoms with Crippen molar-refractivity contribution in [1.82, 2.24) is 0 Å². The lowest BCUT2D eigenvalue weighted by molar-refractivity contribution is -0.384. The summed E-state index contributed by atoms with van der Waals surface area (Å²) in [5, 5.41) is 13.7. The predicted molar refractivity (Wildman–Crippen MR) is 106 cm³/mol. The molecule has 150 valence electrons. The quantitative estimate of drug-likeness (QED) is 0.557. The number of amides is 1. The number of hydrogen-bond donors (Lipinski definition) is 1. The number of nitrogens with one attached hydrogen (secondary N) is 1. The largest absolute Gasteiger partial charge is 0.497 e. The molecule has 0 saturated carbocycles. The summed E-state index contributed by atoms with van der Waals surface area (Å²) in [5.74, 6) is -0.0652. The van der Waals surface area contributed by atoms with Crippen LogP contribution >= 0.6 is 0 Å². The topological polar surface area (TPSA) is 119 Å². The molecule has 10 heteroatoms. The number of methoxy groups -OCH3 is 1. The lowest BCUT2D eigenvalue weighted by Gasteiger charge is -2.29. The predicted octanol–water partition coefficient (Wildman–Crippen LogP) is 2.71. The molecule has 0 aliphatic rings. The van der Waals surface area contributed by atoms with Gasteiger partial charge in [0.2, 0.25) is 15.9 Å². The highest BCUT2D eigenvalue weighted by Crippen LogP contribution is 2.29. The van der Waals surface area contributed by atoms with Gasteiger partial charge in [0.1, 0.15) is 11.8 Å². The van der Waals surface area contributed by atoms with Crippen LogP contribution in [0.15, 0.2) is 42.5 Å². The van der Waals surface area contributed by atoms with E-state index in [1.54, 1.807) is 31.2 Å². The molecule has 0 bridgehead atoms. The number of rotatable bonds is 7. The third kappa shape index (κ3) is 4.77. The molecule has 1 amide bonds. The highest BCUT2D eigenvalue weighted by atomic mass is 32.2. The zero-order chi connectivity index (χ0) is 21.1. The van der Waals surface area contributed by atoms with Crippen LogP contribution in [0.5, 0.6) is 5.75 Å². The average molecular weight is 407 g/mol. The highest BCUT2D eigenvalue weighted by molar-refractivity contribution is 7.92. The average Bonchev–Trinajstić information content (AvgIpc) is 2.62. The Balaban J connectivity index is 2.42. The molecule has 0 fully saturated rings. The van der Waals surface area contributed by atoms with Crippen LogP contribution in [0.4, 0.5) is 17.1 Å². The van der Waals surface area contributed by atoms with Gasteiger partial charge in [-0.05, 0) is 31.5 Å². The maximum Gasteiger partial charge on any atom is 0.271 e. The van der Waals surface area contributed by atoms with Crippen LogP contribution < -0.4 is 14.4 Å². The number of benzene rings is 2. The number of non-ortho nitro benzene ring substituents is 1. The molecule has 9 nitrogen and oxygen atoms in total. The Morgan fingerprint density at radius 1 is 1.25 bits per heavy atom. The lowest BCUT2D eigenvalue weighted by Crippen LogP contribution is -2.45. The van der Waals surface area contributed by atoms with Gasteiger partial charge in [-0.3, -0.25) is 19.2 Å². The molecule has 2 rings (SSSR count). The van der Waals surface area contributed by atoms with E-state index in [0.29, 0.717) is 17.0 Å². The maximum absolute atomic E-state index is 12.7. The number of nitrogens with zero attached hydrogens (tertiary/aromatic N) is 2. The van der Waals surface area contributed by atoms with E-state index in [4.69, 9.17) is 4.74 Å². The standard InChI is InChI=1S/C18H21N3O6S/c1-12-8-9-15(21(23)24)11-17(12)20(28(4,25)26)13(2)18(22)19-14-6-5-7-16(10-14)27-3/h5-11,13H,1-4H3,(H,19,22)/t13-/m1/s1. The summed E-state index contributed by atoms with van der Waals surface area (Å²) in [4.78, 5) is 23.2. The summed E-state index contributed by atoms with van der Waals surface area (Å²) in [5.41, 5.74) is 0.720. The first-order chi connectivity index (χ1) is 13.0. The van der Waals surface area contributed by atoms with E-state index in [2.05, 4.69) is 5.32 Å². The molecule has 1 N–H and O–H groups in total.